The van der Waals surface area contributed by atoms with Gasteiger partial charge in [0.15, 0.2) is 0 Å². The lowest BCUT2D eigenvalue weighted by Gasteiger charge is -2.40. The fourth-order valence-corrected chi connectivity index (χ4v) is 2.58. The second kappa shape index (κ2) is 5.28. The van der Waals surface area contributed by atoms with Crippen LogP contribution in [0.2, 0.25) is 0 Å². The Kier molecular flexibility index (Phi) is 4.59. The van der Waals surface area contributed by atoms with Gasteiger partial charge in [-0.3, -0.25) is 0 Å². The maximum atomic E-state index is 13.2. The summed E-state index contributed by atoms with van der Waals surface area (Å²) in [6, 6.07) is 0. The van der Waals surface area contributed by atoms with E-state index in [0.717, 1.165) is 11.9 Å². The molecule has 7 heteroatoms. The summed E-state index contributed by atoms with van der Waals surface area (Å²) in [5.74, 6) is 0. The molecule has 0 atom stereocenters. The minimum absolute atomic E-state index is 0.0844. The fraction of sp³-hybridized carbons (Fsp3) is 0.909. The quantitative estimate of drug-likeness (QED) is 0.461. The summed E-state index contributed by atoms with van der Waals surface area (Å²) in [5.41, 5.74) is -1.43. The zero-order valence-electron chi connectivity index (χ0n) is 10.8. The van der Waals surface area contributed by atoms with E-state index < -0.39 is 11.7 Å². The lowest BCUT2D eigenvalue weighted by atomic mass is 9.81. The second-order valence-electron chi connectivity index (χ2n) is 5.56. The van der Waals surface area contributed by atoms with Crippen molar-refractivity contribution in [2.24, 2.45) is 5.16 Å². The van der Waals surface area contributed by atoms with E-state index in [1.54, 1.807) is 0 Å². The van der Waals surface area contributed by atoms with Crippen LogP contribution in [-0.4, -0.2) is 27.4 Å². The first-order valence-corrected chi connectivity index (χ1v) is 6.63. The normalized spacial score (nSPS) is 26.2. The molecule has 1 aliphatic rings. The maximum Gasteiger partial charge on any atom is 0.407 e. The van der Waals surface area contributed by atoms with Crippen LogP contribution >= 0.6 is 11.9 Å². The van der Waals surface area contributed by atoms with Gasteiger partial charge in [-0.2, -0.15) is 13.2 Å². The Balaban J connectivity index is 2.80. The Hall–Kier alpha value is -0.430. The van der Waals surface area contributed by atoms with Crippen LogP contribution in [0, 0.1) is 0 Å². The molecule has 1 rings (SSSR count). The minimum atomic E-state index is -4.30. The van der Waals surface area contributed by atoms with E-state index in [2.05, 4.69) is 9.88 Å². The topological polar surface area (TPSA) is 44.6 Å². The first kappa shape index (κ1) is 15.6. The first-order chi connectivity index (χ1) is 8.10. The third kappa shape index (κ3) is 3.78. The molecule has 1 saturated carbocycles. The molecule has 0 aromatic rings. The van der Waals surface area contributed by atoms with E-state index in [4.69, 9.17) is 5.21 Å². The van der Waals surface area contributed by atoms with Crippen molar-refractivity contribution in [2.75, 3.05) is 0 Å². The highest BCUT2D eigenvalue weighted by Gasteiger charge is 2.55. The van der Waals surface area contributed by atoms with Crippen molar-refractivity contribution in [3.8, 4) is 0 Å². The molecular formula is C11H19F3N2OS. The maximum absolute atomic E-state index is 13.2. The largest absolute Gasteiger partial charge is 0.411 e. The Morgan fingerprint density at radius 1 is 1.22 bits per heavy atom. The molecule has 0 unspecified atom stereocenters. The van der Waals surface area contributed by atoms with E-state index in [9.17, 15) is 13.2 Å². The third-order valence-electron chi connectivity index (χ3n) is 2.92. The van der Waals surface area contributed by atoms with Crippen molar-refractivity contribution in [1.82, 2.24) is 4.72 Å². The van der Waals surface area contributed by atoms with Gasteiger partial charge >= 0.3 is 6.18 Å². The summed E-state index contributed by atoms with van der Waals surface area (Å²) in [5, 5.41) is 11.6. The highest BCUT2D eigenvalue weighted by Crippen LogP contribution is 2.43. The summed E-state index contributed by atoms with van der Waals surface area (Å²) in [7, 11) is 0. The lowest BCUT2D eigenvalue weighted by molar-refractivity contribution is -0.195. The Morgan fingerprint density at radius 3 is 2.06 bits per heavy atom. The number of hydrogen-bond acceptors (Lipinski definition) is 4. The van der Waals surface area contributed by atoms with Gasteiger partial charge in [0.1, 0.15) is 5.54 Å². The zero-order valence-corrected chi connectivity index (χ0v) is 11.6. The van der Waals surface area contributed by atoms with Crippen LogP contribution in [0.1, 0.15) is 46.5 Å². The number of nitrogens with one attached hydrogen (secondary N) is 1. The van der Waals surface area contributed by atoms with Gasteiger partial charge in [-0.05, 0) is 46.5 Å². The number of rotatable bonds is 2. The minimum Gasteiger partial charge on any atom is -0.411 e. The SMILES string of the molecule is CC(C)(C)SNC1(C(F)(F)F)CCC(=NO)CC1. The van der Waals surface area contributed by atoms with Gasteiger partial charge < -0.3 is 5.21 Å². The van der Waals surface area contributed by atoms with E-state index in [1.165, 1.54) is 0 Å². The zero-order chi connectivity index (χ0) is 14.0. The van der Waals surface area contributed by atoms with E-state index in [-0.39, 0.29) is 30.4 Å². The van der Waals surface area contributed by atoms with Crippen LogP contribution in [0.3, 0.4) is 0 Å². The molecular weight excluding hydrogens is 265 g/mol. The molecule has 0 spiro atoms. The number of oxime groups is 1. The summed E-state index contributed by atoms with van der Waals surface area (Å²) in [6.07, 6.45) is -4.12. The molecule has 2 N–H and O–H groups in total. The number of alkyl halides is 3. The van der Waals surface area contributed by atoms with Crippen LogP contribution in [0.4, 0.5) is 13.2 Å². The molecule has 106 valence electrons. The Labute approximate surface area is 109 Å². The van der Waals surface area contributed by atoms with Crippen molar-refractivity contribution in [3.05, 3.63) is 0 Å². The Morgan fingerprint density at radius 2 is 1.72 bits per heavy atom. The average Bonchev–Trinajstić information content (AvgIpc) is 2.24. The van der Waals surface area contributed by atoms with Crippen molar-refractivity contribution in [1.29, 1.82) is 0 Å². The molecule has 0 heterocycles. The molecule has 1 aliphatic carbocycles. The van der Waals surface area contributed by atoms with Gasteiger partial charge in [-0.25, -0.2) is 4.72 Å². The van der Waals surface area contributed by atoms with Crippen molar-refractivity contribution in [2.45, 2.75) is 62.9 Å². The van der Waals surface area contributed by atoms with Crippen LogP contribution in [0.15, 0.2) is 5.16 Å². The number of nitrogens with zero attached hydrogens (tertiary/aromatic N) is 1. The monoisotopic (exact) mass is 284 g/mol. The summed E-state index contributed by atoms with van der Waals surface area (Å²) in [6.45, 7) is 5.58. The van der Waals surface area contributed by atoms with Gasteiger partial charge in [0.2, 0.25) is 0 Å². The molecule has 0 saturated heterocycles. The second-order valence-corrected chi connectivity index (χ2v) is 7.20. The molecule has 3 nitrogen and oxygen atoms in total. The molecule has 0 bridgehead atoms. The van der Waals surface area contributed by atoms with Crippen LogP contribution < -0.4 is 4.72 Å². The van der Waals surface area contributed by atoms with Gasteiger partial charge in [0.05, 0.1) is 5.71 Å². The number of hydrogen-bond donors (Lipinski definition) is 2. The van der Waals surface area contributed by atoms with Crippen LogP contribution in [-0.2, 0) is 0 Å². The lowest BCUT2D eigenvalue weighted by Crippen LogP contribution is -2.57. The highest BCUT2D eigenvalue weighted by atomic mass is 32.2. The molecule has 1 fully saturated rings. The predicted octanol–water partition coefficient (Wildman–Crippen LogP) is 3.73. The van der Waals surface area contributed by atoms with Crippen molar-refractivity contribution >= 4 is 17.7 Å². The van der Waals surface area contributed by atoms with Gasteiger partial charge in [0, 0.05) is 4.75 Å². The standard InChI is InChI=1S/C11H19F3N2OS/c1-9(2,3)18-16-10(11(12,13)14)6-4-8(15-17)5-7-10/h16-17H,4-7H2,1-3H3. The van der Waals surface area contributed by atoms with Gasteiger partial charge in [-0.1, -0.05) is 17.1 Å². The first-order valence-electron chi connectivity index (χ1n) is 5.81. The van der Waals surface area contributed by atoms with E-state index >= 15 is 0 Å². The molecule has 0 aliphatic heterocycles. The van der Waals surface area contributed by atoms with Crippen molar-refractivity contribution < 1.29 is 18.4 Å². The number of halogens is 3. The predicted molar refractivity (Wildman–Crippen MR) is 67.0 cm³/mol. The van der Waals surface area contributed by atoms with Crippen LogP contribution in [0.25, 0.3) is 0 Å². The van der Waals surface area contributed by atoms with Crippen molar-refractivity contribution in [3.63, 3.8) is 0 Å². The van der Waals surface area contributed by atoms with Gasteiger partial charge in [0.25, 0.3) is 0 Å². The summed E-state index contributed by atoms with van der Waals surface area (Å²) < 4.78 is 42.0. The van der Waals surface area contributed by atoms with E-state index in [1.807, 2.05) is 20.8 Å². The summed E-state index contributed by atoms with van der Waals surface area (Å²) in [4.78, 5) is 0. The van der Waals surface area contributed by atoms with E-state index in [0.29, 0.717) is 5.71 Å². The Bertz CT molecular complexity index is 313. The smallest absolute Gasteiger partial charge is 0.407 e. The molecule has 0 radical (unpaired) electrons. The average molecular weight is 284 g/mol. The fourth-order valence-electron chi connectivity index (χ4n) is 1.76. The van der Waals surface area contributed by atoms with Crippen LogP contribution in [0.5, 0.6) is 0 Å². The molecule has 18 heavy (non-hydrogen) atoms. The van der Waals surface area contributed by atoms with Gasteiger partial charge in [-0.15, -0.1) is 0 Å². The molecule has 0 aromatic heterocycles. The molecule has 0 aromatic carbocycles. The highest BCUT2D eigenvalue weighted by molar-refractivity contribution is 7.98. The summed E-state index contributed by atoms with van der Waals surface area (Å²) >= 11 is 1.10. The third-order valence-corrected chi connectivity index (χ3v) is 4.02. The molecule has 0 amide bonds.